The van der Waals surface area contributed by atoms with E-state index in [1.54, 1.807) is 12.5 Å². The molecule has 0 bridgehead atoms. The second-order valence-corrected chi connectivity index (χ2v) is 11.2. The Kier molecular flexibility index (Phi) is 7.21. The van der Waals surface area contributed by atoms with Crippen molar-refractivity contribution in [3.05, 3.63) is 90.7 Å². The van der Waals surface area contributed by atoms with Gasteiger partial charge in [-0.25, -0.2) is 15.0 Å². The van der Waals surface area contributed by atoms with Gasteiger partial charge in [0.1, 0.15) is 11.2 Å². The van der Waals surface area contributed by atoms with Gasteiger partial charge in [-0.3, -0.25) is 10.1 Å². The van der Waals surface area contributed by atoms with Gasteiger partial charge in [0.05, 0.1) is 40.8 Å². The van der Waals surface area contributed by atoms with E-state index in [4.69, 9.17) is 9.97 Å². The first kappa shape index (κ1) is 26.8. The van der Waals surface area contributed by atoms with Crippen molar-refractivity contribution in [3.63, 3.8) is 0 Å². The summed E-state index contributed by atoms with van der Waals surface area (Å²) in [4.78, 5) is 22.2. The normalized spacial score (nSPS) is 12.5. The standard InChI is InChI=1S/C31H35N9/c1-8-9-10-26(40-17-20(3)33-18-40)27-21(4)35-30(37-27)29-28-25(38-39-29)12-11-24(36-28)22-13-23(16-32-15-22)34-19(2)14-31(5,6)7/h8-13,15-18,34H,2,14H2,1,3-7H3,(H,35,37)(H,38,39)/b9-8-,26-10+. The molecule has 0 saturated heterocycles. The third-order valence-corrected chi connectivity index (χ3v) is 6.29. The van der Waals surface area contributed by atoms with E-state index in [1.165, 1.54) is 0 Å². The molecule has 0 spiro atoms. The number of anilines is 1. The zero-order chi connectivity index (χ0) is 28.4. The van der Waals surface area contributed by atoms with E-state index in [1.807, 2.05) is 74.2 Å². The van der Waals surface area contributed by atoms with Crippen LogP contribution < -0.4 is 5.32 Å². The summed E-state index contributed by atoms with van der Waals surface area (Å²) in [6.07, 6.45) is 14.2. The topological polar surface area (TPSA) is 113 Å². The summed E-state index contributed by atoms with van der Waals surface area (Å²) in [6.45, 7) is 16.7. The molecule has 9 nitrogen and oxygen atoms in total. The minimum absolute atomic E-state index is 0.143. The molecule has 0 amide bonds. The third kappa shape index (κ3) is 5.78. The van der Waals surface area contributed by atoms with Crippen molar-refractivity contribution in [2.75, 3.05) is 5.32 Å². The van der Waals surface area contributed by atoms with Crippen molar-refractivity contribution < 1.29 is 0 Å². The summed E-state index contributed by atoms with van der Waals surface area (Å²) in [5.41, 5.74) is 9.44. The molecule has 0 aromatic carbocycles. The van der Waals surface area contributed by atoms with Gasteiger partial charge in [-0.1, -0.05) is 39.5 Å². The summed E-state index contributed by atoms with van der Waals surface area (Å²) in [5.74, 6) is 0.638. The molecule has 5 heterocycles. The van der Waals surface area contributed by atoms with Crippen LogP contribution in [0.2, 0.25) is 0 Å². The second kappa shape index (κ2) is 10.8. The smallest absolute Gasteiger partial charge is 0.161 e. The fourth-order valence-corrected chi connectivity index (χ4v) is 4.61. The quantitative estimate of drug-likeness (QED) is 0.184. The Morgan fingerprint density at radius 1 is 1.15 bits per heavy atom. The maximum absolute atomic E-state index is 4.97. The van der Waals surface area contributed by atoms with Gasteiger partial charge in [0, 0.05) is 29.3 Å². The van der Waals surface area contributed by atoms with Gasteiger partial charge in [-0.15, -0.1) is 0 Å². The van der Waals surface area contributed by atoms with Crippen LogP contribution in [0.4, 0.5) is 5.69 Å². The molecule has 0 saturated carbocycles. The average molecular weight is 534 g/mol. The lowest BCUT2D eigenvalue weighted by molar-refractivity contribution is 0.411. The van der Waals surface area contributed by atoms with Crippen LogP contribution in [0.25, 0.3) is 39.5 Å². The van der Waals surface area contributed by atoms with Crippen molar-refractivity contribution in [2.45, 2.75) is 48.0 Å². The summed E-state index contributed by atoms with van der Waals surface area (Å²) in [5, 5.41) is 11.1. The molecule has 40 heavy (non-hydrogen) atoms. The highest BCUT2D eigenvalue weighted by Crippen LogP contribution is 2.30. The van der Waals surface area contributed by atoms with Crippen molar-refractivity contribution in [2.24, 2.45) is 5.41 Å². The highest BCUT2D eigenvalue weighted by atomic mass is 15.2. The first-order valence-corrected chi connectivity index (χ1v) is 13.3. The minimum Gasteiger partial charge on any atom is -0.358 e. The number of rotatable bonds is 8. The molecule has 0 unspecified atom stereocenters. The molecule has 0 aliphatic heterocycles. The fraction of sp³-hybridized carbons (Fsp3) is 0.258. The van der Waals surface area contributed by atoms with Crippen LogP contribution in [0.15, 0.2) is 73.6 Å². The van der Waals surface area contributed by atoms with Crippen LogP contribution in [0.3, 0.4) is 0 Å². The van der Waals surface area contributed by atoms with Crippen LogP contribution in [0.5, 0.6) is 0 Å². The Morgan fingerprint density at radius 3 is 2.70 bits per heavy atom. The highest BCUT2D eigenvalue weighted by Gasteiger charge is 2.19. The van der Waals surface area contributed by atoms with Crippen molar-refractivity contribution in [3.8, 4) is 22.8 Å². The SMILES string of the molecule is C=C(CC(C)(C)C)Nc1cncc(-c2ccc3[nH]nc(-c4nc(/C(=C\C=C/C)n5cnc(C)c5)c(C)[nH]4)c3n2)c1. The van der Waals surface area contributed by atoms with Gasteiger partial charge < -0.3 is 14.9 Å². The molecule has 5 aromatic heterocycles. The van der Waals surface area contributed by atoms with E-state index in [0.717, 1.165) is 62.9 Å². The zero-order valence-corrected chi connectivity index (χ0v) is 23.9. The number of H-pyrrole nitrogens is 2. The largest absolute Gasteiger partial charge is 0.358 e. The van der Waals surface area contributed by atoms with Crippen LogP contribution in [-0.2, 0) is 0 Å². The number of allylic oxidation sites excluding steroid dienone is 4. The number of hydrogen-bond donors (Lipinski definition) is 3. The monoisotopic (exact) mass is 533 g/mol. The predicted molar refractivity (Wildman–Crippen MR) is 161 cm³/mol. The number of aromatic nitrogens is 8. The van der Waals surface area contributed by atoms with Gasteiger partial charge in [0.25, 0.3) is 0 Å². The Morgan fingerprint density at radius 2 is 1.98 bits per heavy atom. The molecule has 9 heteroatoms. The molecular weight excluding hydrogens is 498 g/mol. The number of nitrogens with one attached hydrogen (secondary N) is 3. The number of pyridine rings is 2. The highest BCUT2D eigenvalue weighted by molar-refractivity contribution is 5.89. The van der Waals surface area contributed by atoms with Gasteiger partial charge in [0.2, 0.25) is 0 Å². The zero-order valence-electron chi connectivity index (χ0n) is 23.9. The molecule has 0 atom stereocenters. The number of imidazole rings is 2. The first-order chi connectivity index (χ1) is 19.1. The number of hydrogen-bond acceptors (Lipinski definition) is 6. The van der Waals surface area contributed by atoms with E-state index in [-0.39, 0.29) is 5.41 Å². The molecule has 3 N–H and O–H groups in total. The van der Waals surface area contributed by atoms with Crippen LogP contribution in [0.1, 0.15) is 51.2 Å². The lowest BCUT2D eigenvalue weighted by Gasteiger charge is -2.20. The fourth-order valence-electron chi connectivity index (χ4n) is 4.61. The molecule has 0 aliphatic rings. The third-order valence-electron chi connectivity index (χ3n) is 6.29. The number of aromatic amines is 2. The molecule has 5 aromatic rings. The summed E-state index contributed by atoms with van der Waals surface area (Å²) < 4.78 is 1.98. The van der Waals surface area contributed by atoms with Gasteiger partial charge in [0.15, 0.2) is 11.5 Å². The van der Waals surface area contributed by atoms with E-state index in [2.05, 4.69) is 57.8 Å². The lowest BCUT2D eigenvalue weighted by atomic mass is 9.91. The van der Waals surface area contributed by atoms with Crippen LogP contribution in [-0.4, -0.2) is 39.7 Å². The molecular formula is C31H35N9. The predicted octanol–water partition coefficient (Wildman–Crippen LogP) is 7.05. The molecule has 0 aliphatic carbocycles. The van der Waals surface area contributed by atoms with Gasteiger partial charge in [-0.05, 0) is 56.9 Å². The summed E-state index contributed by atoms with van der Waals surface area (Å²) >= 11 is 0. The average Bonchev–Trinajstić information content (AvgIpc) is 3.61. The Bertz CT molecular complexity index is 1740. The number of aryl methyl sites for hydroxylation is 2. The number of fused-ring (bicyclic) bond motifs is 1. The maximum atomic E-state index is 4.97. The Labute approximate surface area is 234 Å². The Hall–Kier alpha value is -4.79. The summed E-state index contributed by atoms with van der Waals surface area (Å²) in [6, 6.07) is 5.98. The van der Waals surface area contributed by atoms with Crippen LogP contribution in [0, 0.1) is 19.3 Å². The second-order valence-electron chi connectivity index (χ2n) is 11.2. The van der Waals surface area contributed by atoms with Crippen LogP contribution >= 0.6 is 0 Å². The number of nitrogens with zero attached hydrogens (tertiary/aromatic N) is 6. The van der Waals surface area contributed by atoms with Crippen molar-refractivity contribution >= 4 is 22.4 Å². The van der Waals surface area contributed by atoms with Crippen molar-refractivity contribution in [1.82, 2.24) is 39.7 Å². The van der Waals surface area contributed by atoms with E-state index in [0.29, 0.717) is 11.5 Å². The van der Waals surface area contributed by atoms with E-state index in [9.17, 15) is 0 Å². The molecule has 204 valence electrons. The van der Waals surface area contributed by atoms with Gasteiger partial charge in [-0.2, -0.15) is 5.10 Å². The molecule has 0 fully saturated rings. The lowest BCUT2D eigenvalue weighted by Crippen LogP contribution is -2.10. The maximum Gasteiger partial charge on any atom is 0.161 e. The van der Waals surface area contributed by atoms with Gasteiger partial charge >= 0.3 is 0 Å². The summed E-state index contributed by atoms with van der Waals surface area (Å²) in [7, 11) is 0. The Balaban J connectivity index is 1.50. The minimum atomic E-state index is 0.143. The van der Waals surface area contributed by atoms with E-state index < -0.39 is 0 Å². The molecule has 0 radical (unpaired) electrons. The van der Waals surface area contributed by atoms with Crippen molar-refractivity contribution in [1.29, 1.82) is 0 Å². The van der Waals surface area contributed by atoms with E-state index >= 15 is 0 Å². The molecule has 5 rings (SSSR count). The first-order valence-electron chi connectivity index (χ1n) is 13.3.